The van der Waals surface area contributed by atoms with Crippen molar-refractivity contribution in [1.29, 1.82) is 0 Å². The molecule has 3 unspecified atom stereocenters. The van der Waals surface area contributed by atoms with Crippen LogP contribution in [0.4, 0.5) is 4.39 Å². The predicted octanol–water partition coefficient (Wildman–Crippen LogP) is 4.16. The molecule has 0 saturated carbocycles. The highest BCUT2D eigenvalue weighted by molar-refractivity contribution is 5.66. The topological polar surface area (TPSA) is 87.0 Å². The summed E-state index contributed by atoms with van der Waals surface area (Å²) >= 11 is 0. The molecule has 0 heterocycles. The van der Waals surface area contributed by atoms with Gasteiger partial charge < -0.3 is 20.1 Å². The van der Waals surface area contributed by atoms with Crippen molar-refractivity contribution in [2.24, 2.45) is 5.92 Å². The number of aliphatic hydroxyl groups excluding tert-OH is 2. The maximum atomic E-state index is 12.8. The third-order valence-electron chi connectivity index (χ3n) is 4.77. The van der Waals surface area contributed by atoms with E-state index in [1.165, 1.54) is 24.3 Å². The number of aliphatic hydroxyl groups is 2. The van der Waals surface area contributed by atoms with Crippen LogP contribution in [0, 0.1) is 11.7 Å². The van der Waals surface area contributed by atoms with Crippen LogP contribution in [0.5, 0.6) is 5.75 Å². The fraction of sp³-hybridized carbons (Fsp3) is 0.667. The van der Waals surface area contributed by atoms with Crippen molar-refractivity contribution in [3.05, 3.63) is 30.1 Å². The smallest absolute Gasteiger partial charge is 0.303 e. The number of unbranched alkanes of at least 4 members (excludes halogenated alkanes) is 3. The van der Waals surface area contributed by atoms with Gasteiger partial charge in [-0.2, -0.15) is 0 Å². The lowest BCUT2D eigenvalue weighted by atomic mass is 9.90. The van der Waals surface area contributed by atoms with Crippen molar-refractivity contribution in [3.63, 3.8) is 0 Å². The molecular formula is C21H33FO5. The first-order valence-corrected chi connectivity index (χ1v) is 9.84. The third-order valence-corrected chi connectivity index (χ3v) is 4.77. The van der Waals surface area contributed by atoms with Gasteiger partial charge in [0.15, 0.2) is 0 Å². The molecule has 6 heteroatoms. The molecule has 27 heavy (non-hydrogen) atoms. The van der Waals surface area contributed by atoms with Crippen LogP contribution in [-0.2, 0) is 4.79 Å². The Labute approximate surface area is 161 Å². The summed E-state index contributed by atoms with van der Waals surface area (Å²) in [5.41, 5.74) is 0. The Bertz CT molecular complexity index is 518. The molecule has 0 saturated heterocycles. The molecule has 0 aliphatic heterocycles. The molecular weight excluding hydrogens is 351 g/mol. The largest absolute Gasteiger partial charge is 0.491 e. The molecule has 3 atom stereocenters. The van der Waals surface area contributed by atoms with Gasteiger partial charge in [-0.05, 0) is 62.8 Å². The van der Waals surface area contributed by atoms with E-state index in [1.807, 2.05) is 0 Å². The number of rotatable bonds is 15. The number of ether oxygens (including phenoxy) is 1. The first-order valence-electron chi connectivity index (χ1n) is 9.84. The van der Waals surface area contributed by atoms with Gasteiger partial charge in [0.2, 0.25) is 0 Å². The number of benzene rings is 1. The van der Waals surface area contributed by atoms with Crippen LogP contribution in [0.3, 0.4) is 0 Å². The summed E-state index contributed by atoms with van der Waals surface area (Å²) in [6.07, 6.45) is 5.91. The molecule has 1 rings (SSSR count). The molecule has 154 valence electrons. The van der Waals surface area contributed by atoms with Crippen LogP contribution in [0.15, 0.2) is 24.3 Å². The van der Waals surface area contributed by atoms with E-state index >= 15 is 0 Å². The number of carbonyl (C=O) groups is 1. The van der Waals surface area contributed by atoms with Crippen LogP contribution in [0.1, 0.15) is 64.7 Å². The molecule has 5 nitrogen and oxygen atoms in total. The van der Waals surface area contributed by atoms with Gasteiger partial charge in [0.1, 0.15) is 18.2 Å². The standard InChI is InChI=1S/C21H33FO5/c1-16(23)17(7-4-2-3-5-10-21(25)26)8-6-9-19(24)15-27-20-13-11-18(22)12-14-20/h11-14,16-17,19,23-24H,2-10,15H2,1H3,(H,25,26). The normalized spacial score (nSPS) is 14.5. The Balaban J connectivity index is 2.15. The highest BCUT2D eigenvalue weighted by Crippen LogP contribution is 2.22. The zero-order valence-electron chi connectivity index (χ0n) is 16.1. The van der Waals surface area contributed by atoms with Gasteiger partial charge in [0.05, 0.1) is 12.2 Å². The lowest BCUT2D eigenvalue weighted by molar-refractivity contribution is -0.137. The van der Waals surface area contributed by atoms with Crippen molar-refractivity contribution in [2.45, 2.75) is 76.9 Å². The molecule has 0 spiro atoms. The van der Waals surface area contributed by atoms with E-state index in [1.54, 1.807) is 6.92 Å². The number of hydrogen-bond donors (Lipinski definition) is 3. The second-order valence-electron chi connectivity index (χ2n) is 7.20. The van der Waals surface area contributed by atoms with Gasteiger partial charge in [-0.3, -0.25) is 4.79 Å². The molecule has 0 bridgehead atoms. The summed E-state index contributed by atoms with van der Waals surface area (Å²) in [4.78, 5) is 10.5. The van der Waals surface area contributed by atoms with Gasteiger partial charge in [0.25, 0.3) is 0 Å². The molecule has 1 aromatic rings. The van der Waals surface area contributed by atoms with E-state index in [0.717, 1.165) is 38.5 Å². The lowest BCUT2D eigenvalue weighted by Gasteiger charge is -2.20. The molecule has 3 N–H and O–H groups in total. The van der Waals surface area contributed by atoms with Crippen molar-refractivity contribution in [1.82, 2.24) is 0 Å². The fourth-order valence-electron chi connectivity index (χ4n) is 3.09. The lowest BCUT2D eigenvalue weighted by Crippen LogP contribution is -2.20. The average molecular weight is 384 g/mol. The second kappa shape index (κ2) is 13.5. The van der Waals surface area contributed by atoms with Gasteiger partial charge in [-0.1, -0.05) is 25.7 Å². The van der Waals surface area contributed by atoms with E-state index in [-0.39, 0.29) is 24.8 Å². The minimum Gasteiger partial charge on any atom is -0.491 e. The Morgan fingerprint density at radius 1 is 1.00 bits per heavy atom. The number of halogens is 1. The first-order chi connectivity index (χ1) is 12.9. The van der Waals surface area contributed by atoms with Crippen LogP contribution in [-0.4, -0.2) is 40.1 Å². The average Bonchev–Trinajstić information content (AvgIpc) is 2.62. The van der Waals surface area contributed by atoms with E-state index in [4.69, 9.17) is 9.84 Å². The monoisotopic (exact) mass is 384 g/mol. The van der Waals surface area contributed by atoms with Crippen LogP contribution in [0.25, 0.3) is 0 Å². The van der Waals surface area contributed by atoms with E-state index < -0.39 is 18.2 Å². The third kappa shape index (κ3) is 11.6. The van der Waals surface area contributed by atoms with Gasteiger partial charge in [-0.25, -0.2) is 4.39 Å². The van der Waals surface area contributed by atoms with Gasteiger partial charge >= 0.3 is 5.97 Å². The Morgan fingerprint density at radius 3 is 2.26 bits per heavy atom. The maximum Gasteiger partial charge on any atom is 0.303 e. The van der Waals surface area contributed by atoms with Crippen LogP contribution < -0.4 is 4.74 Å². The van der Waals surface area contributed by atoms with Crippen molar-refractivity contribution < 1.29 is 29.2 Å². The van der Waals surface area contributed by atoms with E-state index in [2.05, 4.69) is 0 Å². The molecule has 0 aliphatic carbocycles. The highest BCUT2D eigenvalue weighted by atomic mass is 19.1. The maximum absolute atomic E-state index is 12.8. The summed E-state index contributed by atoms with van der Waals surface area (Å²) in [6.45, 7) is 1.96. The van der Waals surface area contributed by atoms with Gasteiger partial charge in [0, 0.05) is 6.42 Å². The van der Waals surface area contributed by atoms with E-state index in [9.17, 15) is 19.4 Å². The molecule has 0 amide bonds. The zero-order chi connectivity index (χ0) is 20.1. The predicted molar refractivity (Wildman–Crippen MR) is 102 cm³/mol. The summed E-state index contributed by atoms with van der Waals surface area (Å²) in [5.74, 6) is -0.359. The summed E-state index contributed by atoms with van der Waals surface area (Å²) in [6, 6.07) is 5.69. The first kappa shape index (κ1) is 23.4. The second-order valence-corrected chi connectivity index (χ2v) is 7.20. The number of aliphatic carboxylic acids is 1. The molecule has 0 aromatic heterocycles. The molecule has 0 radical (unpaired) electrons. The Kier molecular flexibility index (Phi) is 11.7. The van der Waals surface area contributed by atoms with E-state index in [0.29, 0.717) is 18.6 Å². The van der Waals surface area contributed by atoms with Crippen molar-refractivity contribution in [3.8, 4) is 5.75 Å². The van der Waals surface area contributed by atoms with Gasteiger partial charge in [-0.15, -0.1) is 0 Å². The molecule has 0 aliphatic rings. The highest BCUT2D eigenvalue weighted by Gasteiger charge is 2.15. The van der Waals surface area contributed by atoms with Crippen LogP contribution in [0.2, 0.25) is 0 Å². The fourth-order valence-corrected chi connectivity index (χ4v) is 3.09. The van der Waals surface area contributed by atoms with Crippen molar-refractivity contribution in [2.75, 3.05) is 6.61 Å². The molecule has 1 aromatic carbocycles. The number of hydrogen-bond acceptors (Lipinski definition) is 4. The number of carboxylic acid groups (broad SMARTS) is 1. The Hall–Kier alpha value is -1.66. The molecule has 0 fully saturated rings. The summed E-state index contributed by atoms with van der Waals surface area (Å²) in [5, 5.41) is 28.6. The van der Waals surface area contributed by atoms with Crippen molar-refractivity contribution >= 4 is 5.97 Å². The minimum absolute atomic E-state index is 0.161. The minimum atomic E-state index is -0.751. The van der Waals surface area contributed by atoms with Crippen LogP contribution >= 0.6 is 0 Å². The quantitative estimate of drug-likeness (QED) is 0.395. The number of carboxylic acids is 1. The summed E-state index contributed by atoms with van der Waals surface area (Å²) in [7, 11) is 0. The Morgan fingerprint density at radius 2 is 1.63 bits per heavy atom. The summed E-state index contributed by atoms with van der Waals surface area (Å²) < 4.78 is 18.3. The SMILES string of the molecule is CC(O)C(CCCCCCC(=O)O)CCCC(O)COc1ccc(F)cc1. The zero-order valence-corrected chi connectivity index (χ0v) is 16.1.